The van der Waals surface area contributed by atoms with Gasteiger partial charge in [-0.2, -0.15) is 5.26 Å². The van der Waals surface area contributed by atoms with Crippen LogP contribution in [0.4, 0.5) is 0 Å². The van der Waals surface area contributed by atoms with Gasteiger partial charge in [0.05, 0.1) is 11.6 Å². The van der Waals surface area contributed by atoms with E-state index in [1.54, 1.807) is 6.20 Å². The lowest BCUT2D eigenvalue weighted by Gasteiger charge is -2.09. The maximum absolute atomic E-state index is 9.43. The Bertz CT molecular complexity index is 1060. The molecule has 0 saturated heterocycles. The fraction of sp³-hybridized carbons (Fsp3) is 0.188. The van der Waals surface area contributed by atoms with Gasteiger partial charge in [0, 0.05) is 17.3 Å². The molecule has 0 aliphatic carbocycles. The minimum absolute atomic E-state index is 0.223. The fourth-order valence-corrected chi connectivity index (χ4v) is 2.52. The number of imidazole rings is 1. The molecule has 23 heavy (non-hydrogen) atoms. The minimum Gasteiger partial charge on any atom is -0.422 e. The van der Waals surface area contributed by atoms with Crippen molar-refractivity contribution in [3.05, 3.63) is 42.0 Å². The van der Waals surface area contributed by atoms with Gasteiger partial charge < -0.3 is 4.42 Å². The van der Waals surface area contributed by atoms with Crippen molar-refractivity contribution < 1.29 is 4.42 Å². The standard InChI is InChI=1S/C16H12N6O/c1-9(2)12-5-10(6-17)11-3-4-14-19-13(16-21-18-8-23-16)7-22(14)15(11)20-12/h3-5,7-9H,1-2H3. The smallest absolute Gasteiger partial charge is 0.267 e. The van der Waals surface area contributed by atoms with Crippen molar-refractivity contribution >= 4 is 16.7 Å². The monoisotopic (exact) mass is 304 g/mol. The van der Waals surface area contributed by atoms with Gasteiger partial charge in [0.1, 0.15) is 17.0 Å². The molecule has 4 aromatic rings. The predicted molar refractivity (Wildman–Crippen MR) is 82.6 cm³/mol. The van der Waals surface area contributed by atoms with Crippen LogP contribution in [0, 0.1) is 11.3 Å². The number of hydrogen-bond acceptors (Lipinski definition) is 6. The molecule has 0 N–H and O–H groups in total. The molecule has 7 heteroatoms. The number of hydrogen-bond donors (Lipinski definition) is 0. The van der Waals surface area contributed by atoms with Crippen LogP contribution in [0.25, 0.3) is 28.3 Å². The lowest BCUT2D eigenvalue weighted by Crippen LogP contribution is -1.99. The summed E-state index contributed by atoms with van der Waals surface area (Å²) in [6.45, 7) is 4.10. The summed E-state index contributed by atoms with van der Waals surface area (Å²) in [6, 6.07) is 7.80. The van der Waals surface area contributed by atoms with Crippen molar-refractivity contribution in [2.45, 2.75) is 19.8 Å². The lowest BCUT2D eigenvalue weighted by atomic mass is 10.1. The molecule has 0 fully saturated rings. The topological polar surface area (TPSA) is 92.9 Å². The van der Waals surface area contributed by atoms with Crippen molar-refractivity contribution in [2.75, 3.05) is 0 Å². The van der Waals surface area contributed by atoms with Crippen LogP contribution in [-0.4, -0.2) is 24.6 Å². The Morgan fingerprint density at radius 3 is 2.83 bits per heavy atom. The van der Waals surface area contributed by atoms with Gasteiger partial charge in [-0.3, -0.25) is 4.40 Å². The minimum atomic E-state index is 0.223. The number of aromatic nitrogens is 5. The molecule has 0 amide bonds. The lowest BCUT2D eigenvalue weighted by molar-refractivity contribution is 0.567. The van der Waals surface area contributed by atoms with Crippen LogP contribution in [-0.2, 0) is 0 Å². The van der Waals surface area contributed by atoms with Crippen molar-refractivity contribution in [3.8, 4) is 17.7 Å². The second kappa shape index (κ2) is 4.88. The molecule has 4 heterocycles. The Hall–Kier alpha value is -3.27. The van der Waals surface area contributed by atoms with Gasteiger partial charge in [-0.05, 0) is 24.1 Å². The molecule has 0 spiro atoms. The normalized spacial score (nSPS) is 11.4. The SMILES string of the molecule is CC(C)c1cc(C#N)c2ccc3nc(-c4nnco4)cn3c2n1. The second-order valence-electron chi connectivity index (χ2n) is 5.53. The Morgan fingerprint density at radius 2 is 2.13 bits per heavy atom. The van der Waals surface area contributed by atoms with E-state index in [2.05, 4.69) is 21.3 Å². The predicted octanol–water partition coefficient (Wildman–Crippen LogP) is 2.93. The van der Waals surface area contributed by atoms with E-state index in [0.717, 1.165) is 11.1 Å². The molecular formula is C16H12N6O. The van der Waals surface area contributed by atoms with E-state index in [0.29, 0.717) is 28.4 Å². The summed E-state index contributed by atoms with van der Waals surface area (Å²) in [6.07, 6.45) is 3.06. The average Bonchev–Trinajstić information content (AvgIpc) is 3.22. The van der Waals surface area contributed by atoms with Crippen LogP contribution in [0.2, 0.25) is 0 Å². The van der Waals surface area contributed by atoms with Gasteiger partial charge in [0.25, 0.3) is 5.89 Å². The van der Waals surface area contributed by atoms with E-state index in [1.807, 2.05) is 36.4 Å². The largest absolute Gasteiger partial charge is 0.422 e. The molecule has 0 unspecified atom stereocenters. The summed E-state index contributed by atoms with van der Waals surface area (Å²) in [5, 5.41) is 17.8. The number of nitrogens with zero attached hydrogens (tertiary/aromatic N) is 6. The number of fused-ring (bicyclic) bond motifs is 3. The summed E-state index contributed by atoms with van der Waals surface area (Å²) in [7, 11) is 0. The zero-order valence-electron chi connectivity index (χ0n) is 12.6. The fourth-order valence-electron chi connectivity index (χ4n) is 2.52. The highest BCUT2D eigenvalue weighted by Crippen LogP contribution is 2.25. The average molecular weight is 304 g/mol. The van der Waals surface area contributed by atoms with Crippen LogP contribution in [0.1, 0.15) is 31.0 Å². The van der Waals surface area contributed by atoms with E-state index < -0.39 is 0 Å². The van der Waals surface area contributed by atoms with Crippen molar-refractivity contribution in [1.82, 2.24) is 24.6 Å². The zero-order chi connectivity index (χ0) is 16.0. The number of pyridine rings is 2. The second-order valence-corrected chi connectivity index (χ2v) is 5.53. The molecule has 0 aliphatic heterocycles. The van der Waals surface area contributed by atoms with Crippen LogP contribution >= 0.6 is 0 Å². The van der Waals surface area contributed by atoms with Gasteiger partial charge in [-0.1, -0.05) is 13.8 Å². The third kappa shape index (κ3) is 2.04. The van der Waals surface area contributed by atoms with Gasteiger partial charge in [0.2, 0.25) is 6.39 Å². The summed E-state index contributed by atoms with van der Waals surface area (Å²) in [5.74, 6) is 0.572. The van der Waals surface area contributed by atoms with E-state index in [1.165, 1.54) is 6.39 Å². The molecule has 7 nitrogen and oxygen atoms in total. The first-order valence-electron chi connectivity index (χ1n) is 7.17. The Labute approximate surface area is 131 Å². The molecule has 4 aromatic heterocycles. The molecule has 0 aromatic carbocycles. The van der Waals surface area contributed by atoms with Gasteiger partial charge in [0.15, 0.2) is 0 Å². The molecule has 112 valence electrons. The Balaban J connectivity index is 2.07. The van der Waals surface area contributed by atoms with E-state index in [4.69, 9.17) is 9.40 Å². The highest BCUT2D eigenvalue weighted by Gasteiger charge is 2.14. The van der Waals surface area contributed by atoms with Crippen molar-refractivity contribution in [1.29, 1.82) is 5.26 Å². The highest BCUT2D eigenvalue weighted by molar-refractivity contribution is 5.85. The van der Waals surface area contributed by atoms with E-state index in [-0.39, 0.29) is 5.92 Å². The molecule has 0 atom stereocenters. The summed E-state index contributed by atoms with van der Waals surface area (Å²) in [5.41, 5.74) is 3.46. The van der Waals surface area contributed by atoms with Crippen LogP contribution in [0.15, 0.2) is 35.2 Å². The Kier molecular flexibility index (Phi) is 2.84. The third-order valence-corrected chi connectivity index (χ3v) is 3.71. The van der Waals surface area contributed by atoms with E-state index >= 15 is 0 Å². The molecule has 0 aliphatic rings. The maximum atomic E-state index is 9.43. The first-order valence-corrected chi connectivity index (χ1v) is 7.17. The third-order valence-electron chi connectivity index (χ3n) is 3.71. The van der Waals surface area contributed by atoms with Crippen molar-refractivity contribution in [2.24, 2.45) is 0 Å². The van der Waals surface area contributed by atoms with Gasteiger partial charge in [-0.15, -0.1) is 10.2 Å². The highest BCUT2D eigenvalue weighted by atomic mass is 16.4. The quantitative estimate of drug-likeness (QED) is 0.565. The Morgan fingerprint density at radius 1 is 1.26 bits per heavy atom. The van der Waals surface area contributed by atoms with Crippen LogP contribution < -0.4 is 0 Å². The summed E-state index contributed by atoms with van der Waals surface area (Å²) >= 11 is 0. The zero-order valence-corrected chi connectivity index (χ0v) is 12.6. The van der Waals surface area contributed by atoms with Crippen LogP contribution in [0.5, 0.6) is 0 Å². The van der Waals surface area contributed by atoms with Crippen molar-refractivity contribution in [3.63, 3.8) is 0 Å². The maximum Gasteiger partial charge on any atom is 0.267 e. The molecule has 0 saturated carbocycles. The molecule has 0 bridgehead atoms. The summed E-state index contributed by atoms with van der Waals surface area (Å²) < 4.78 is 7.05. The first-order chi connectivity index (χ1) is 11.2. The summed E-state index contributed by atoms with van der Waals surface area (Å²) in [4.78, 5) is 9.19. The van der Waals surface area contributed by atoms with Gasteiger partial charge in [-0.25, -0.2) is 9.97 Å². The molecular weight excluding hydrogens is 292 g/mol. The molecule has 0 radical (unpaired) electrons. The molecule has 4 rings (SSSR count). The number of nitriles is 1. The first kappa shape index (κ1) is 13.4. The number of rotatable bonds is 2. The van der Waals surface area contributed by atoms with E-state index in [9.17, 15) is 5.26 Å². The van der Waals surface area contributed by atoms with Gasteiger partial charge >= 0.3 is 0 Å². The van der Waals surface area contributed by atoms with Crippen LogP contribution in [0.3, 0.4) is 0 Å².